The molecule has 128 valence electrons. The van der Waals surface area contributed by atoms with Crippen LogP contribution in [0.15, 0.2) is 24.3 Å². The molecule has 1 fully saturated rings. The van der Waals surface area contributed by atoms with E-state index >= 15 is 0 Å². The van der Waals surface area contributed by atoms with Crippen molar-refractivity contribution in [2.24, 2.45) is 5.41 Å². The molecule has 1 aromatic rings. The Morgan fingerprint density at radius 2 is 2.09 bits per heavy atom. The molecular formula is C18H28N2O2S. The second-order valence-corrected chi connectivity index (χ2v) is 9.72. The van der Waals surface area contributed by atoms with Crippen molar-refractivity contribution in [1.29, 1.82) is 0 Å². The first-order chi connectivity index (χ1) is 10.9. The van der Waals surface area contributed by atoms with E-state index in [1.165, 1.54) is 11.1 Å². The summed E-state index contributed by atoms with van der Waals surface area (Å²) in [5, 5.41) is 3.44. The fraction of sp³-hybridized carbons (Fsp3) is 0.667. The molecule has 0 aromatic heterocycles. The molecule has 1 aliphatic carbocycles. The van der Waals surface area contributed by atoms with Gasteiger partial charge >= 0.3 is 0 Å². The lowest BCUT2D eigenvalue weighted by molar-refractivity contribution is -0.0450. The van der Waals surface area contributed by atoms with Crippen molar-refractivity contribution in [3.8, 4) is 0 Å². The molecule has 23 heavy (non-hydrogen) atoms. The van der Waals surface area contributed by atoms with Gasteiger partial charge in [-0.15, -0.1) is 4.72 Å². The number of hydrogen-bond acceptors (Lipinski definition) is 4. The van der Waals surface area contributed by atoms with Crippen LogP contribution in [0.3, 0.4) is 0 Å². The topological polar surface area (TPSA) is 56.3 Å². The van der Waals surface area contributed by atoms with Crippen LogP contribution in [-0.4, -0.2) is 35.6 Å². The molecule has 0 bridgehead atoms. The minimum Gasteiger partial charge on any atom is -0.598 e. The number of methoxy groups -OCH3 is 1. The van der Waals surface area contributed by atoms with Crippen LogP contribution in [-0.2, 0) is 22.5 Å². The number of rotatable bonds is 3. The predicted octanol–water partition coefficient (Wildman–Crippen LogP) is 2.33. The maximum atomic E-state index is 12.8. The second kappa shape index (κ2) is 6.37. The van der Waals surface area contributed by atoms with Gasteiger partial charge in [-0.3, -0.25) is 0 Å². The van der Waals surface area contributed by atoms with Gasteiger partial charge in [-0.1, -0.05) is 24.3 Å². The first kappa shape index (κ1) is 17.2. The fourth-order valence-electron chi connectivity index (χ4n) is 3.98. The standard InChI is InChI=1S/C18H28N2O2S/c1-17(2,3)23(21)20-16-14-8-6-5-7-13(14)11-18(16)9-10-19-12-15(18)22-4/h5-8,15-16,19-20H,9-12H2,1-4H3/t15?,16-,18?,23+/m0/s1. The summed E-state index contributed by atoms with van der Waals surface area (Å²) in [5.41, 5.74) is 2.62. The third-order valence-electron chi connectivity index (χ3n) is 5.26. The minimum atomic E-state index is -1.11. The third kappa shape index (κ3) is 3.05. The van der Waals surface area contributed by atoms with Gasteiger partial charge in [-0.05, 0) is 51.3 Å². The molecular weight excluding hydrogens is 308 g/mol. The molecule has 3 rings (SSSR count). The molecule has 1 aliphatic heterocycles. The summed E-state index contributed by atoms with van der Waals surface area (Å²) in [6, 6.07) is 8.63. The number of fused-ring (bicyclic) bond motifs is 1. The van der Waals surface area contributed by atoms with Gasteiger partial charge in [0.05, 0.1) is 12.1 Å². The SMILES string of the molecule is COC1CNCCC12Cc1ccccc1[C@@H]2N[S@+]([O-])C(C)(C)C. The Morgan fingerprint density at radius 1 is 1.35 bits per heavy atom. The van der Waals surface area contributed by atoms with Crippen LogP contribution in [0.1, 0.15) is 44.4 Å². The van der Waals surface area contributed by atoms with E-state index in [2.05, 4.69) is 34.3 Å². The van der Waals surface area contributed by atoms with Crippen LogP contribution in [0.5, 0.6) is 0 Å². The molecule has 1 aromatic carbocycles. The maximum Gasteiger partial charge on any atom is 0.136 e. The minimum absolute atomic E-state index is 0.0232. The van der Waals surface area contributed by atoms with Crippen LogP contribution < -0.4 is 10.0 Å². The summed E-state index contributed by atoms with van der Waals surface area (Å²) >= 11 is -1.11. The first-order valence-corrected chi connectivity index (χ1v) is 9.53. The first-order valence-electron chi connectivity index (χ1n) is 8.38. The van der Waals surface area contributed by atoms with Crippen molar-refractivity contribution in [2.45, 2.75) is 50.5 Å². The average molecular weight is 337 g/mol. The molecule has 1 spiro atoms. The van der Waals surface area contributed by atoms with Crippen LogP contribution in [0.4, 0.5) is 0 Å². The van der Waals surface area contributed by atoms with Gasteiger partial charge in [0.15, 0.2) is 0 Å². The number of piperidine rings is 1. The van der Waals surface area contributed by atoms with E-state index in [1.807, 2.05) is 20.8 Å². The van der Waals surface area contributed by atoms with E-state index in [-0.39, 0.29) is 22.3 Å². The molecule has 2 aliphatic rings. The Balaban J connectivity index is 1.98. The molecule has 1 saturated heterocycles. The smallest absolute Gasteiger partial charge is 0.136 e. The van der Waals surface area contributed by atoms with Gasteiger partial charge in [0, 0.05) is 30.4 Å². The molecule has 0 saturated carbocycles. The molecule has 5 heteroatoms. The largest absolute Gasteiger partial charge is 0.598 e. The highest BCUT2D eigenvalue weighted by atomic mass is 32.2. The summed E-state index contributed by atoms with van der Waals surface area (Å²) in [6.45, 7) is 7.87. The van der Waals surface area contributed by atoms with Crippen molar-refractivity contribution in [3.63, 3.8) is 0 Å². The van der Waals surface area contributed by atoms with Crippen molar-refractivity contribution >= 4 is 11.4 Å². The van der Waals surface area contributed by atoms with E-state index in [1.54, 1.807) is 7.11 Å². The number of nitrogens with one attached hydrogen (secondary N) is 2. The lowest BCUT2D eigenvalue weighted by Gasteiger charge is -2.45. The van der Waals surface area contributed by atoms with Gasteiger partial charge in [-0.25, -0.2) is 0 Å². The van der Waals surface area contributed by atoms with Crippen LogP contribution >= 0.6 is 0 Å². The summed E-state index contributed by atoms with van der Waals surface area (Å²) in [5.74, 6) is 0. The van der Waals surface area contributed by atoms with E-state index in [4.69, 9.17) is 4.74 Å². The highest BCUT2D eigenvalue weighted by Crippen LogP contribution is 2.52. The van der Waals surface area contributed by atoms with E-state index in [9.17, 15) is 4.55 Å². The average Bonchev–Trinajstić information content (AvgIpc) is 2.81. The fourth-order valence-corrected chi connectivity index (χ4v) is 4.91. The predicted molar refractivity (Wildman–Crippen MR) is 94.6 cm³/mol. The van der Waals surface area contributed by atoms with Crippen molar-refractivity contribution in [3.05, 3.63) is 35.4 Å². The van der Waals surface area contributed by atoms with Gasteiger partial charge in [0.1, 0.15) is 4.75 Å². The zero-order valence-corrected chi connectivity index (χ0v) is 15.3. The van der Waals surface area contributed by atoms with E-state index in [0.29, 0.717) is 0 Å². The van der Waals surface area contributed by atoms with E-state index < -0.39 is 11.4 Å². The monoisotopic (exact) mass is 336 g/mol. The van der Waals surface area contributed by atoms with E-state index in [0.717, 1.165) is 25.9 Å². The second-order valence-electron chi connectivity index (χ2n) is 7.72. The van der Waals surface area contributed by atoms with Crippen molar-refractivity contribution in [2.75, 3.05) is 20.2 Å². The summed E-state index contributed by atoms with van der Waals surface area (Å²) in [6.07, 6.45) is 2.14. The Labute approximate surface area is 142 Å². The highest BCUT2D eigenvalue weighted by Gasteiger charge is 2.54. The van der Waals surface area contributed by atoms with Gasteiger partial charge < -0.3 is 14.6 Å². The molecule has 1 heterocycles. The van der Waals surface area contributed by atoms with Crippen molar-refractivity contribution < 1.29 is 9.29 Å². The molecule has 2 N–H and O–H groups in total. The Bertz CT molecular complexity index is 560. The molecule has 0 amide bonds. The number of hydrogen-bond donors (Lipinski definition) is 2. The summed E-state index contributed by atoms with van der Waals surface area (Å²) in [7, 11) is 1.79. The lowest BCUT2D eigenvalue weighted by atomic mass is 9.71. The van der Waals surface area contributed by atoms with Crippen molar-refractivity contribution in [1.82, 2.24) is 10.0 Å². The van der Waals surface area contributed by atoms with Crippen LogP contribution in [0.2, 0.25) is 0 Å². The van der Waals surface area contributed by atoms with Crippen LogP contribution in [0.25, 0.3) is 0 Å². The lowest BCUT2D eigenvalue weighted by Crippen LogP contribution is -2.56. The Morgan fingerprint density at radius 3 is 2.78 bits per heavy atom. The van der Waals surface area contributed by atoms with Gasteiger partial charge in [-0.2, -0.15) is 0 Å². The third-order valence-corrected chi connectivity index (χ3v) is 6.83. The van der Waals surface area contributed by atoms with Gasteiger partial charge in [0.25, 0.3) is 0 Å². The number of benzene rings is 1. The zero-order valence-electron chi connectivity index (χ0n) is 14.5. The maximum absolute atomic E-state index is 12.8. The Hall–Kier alpha value is -0.590. The molecule has 2 unspecified atom stereocenters. The Kier molecular flexibility index (Phi) is 4.78. The quantitative estimate of drug-likeness (QED) is 0.832. The van der Waals surface area contributed by atoms with Crippen LogP contribution in [0, 0.1) is 5.41 Å². The molecule has 4 nitrogen and oxygen atoms in total. The molecule has 4 atom stereocenters. The zero-order chi connectivity index (χ0) is 16.7. The normalized spacial score (nSPS) is 32.0. The van der Waals surface area contributed by atoms with Gasteiger partial charge in [0.2, 0.25) is 0 Å². The number of ether oxygens (including phenoxy) is 1. The highest BCUT2D eigenvalue weighted by molar-refractivity contribution is 7.90. The summed E-state index contributed by atoms with van der Waals surface area (Å²) in [4.78, 5) is 0. The summed E-state index contributed by atoms with van der Waals surface area (Å²) < 4.78 is 21.8. The molecule has 0 radical (unpaired) electrons.